The number of ether oxygens (including phenoxy) is 2. The van der Waals surface area contributed by atoms with Crippen molar-refractivity contribution in [3.8, 4) is 34.3 Å². The average molecular weight is 432 g/mol. The van der Waals surface area contributed by atoms with E-state index in [4.69, 9.17) is 14.0 Å². The molecule has 0 spiro atoms. The number of carbonyl (C=O) groups is 1. The molecule has 0 atom stereocenters. The SMILES string of the molecule is COc1ccc(-c2noc(-c3cccn(CC(=O)Nc4ccccc4)c3=O)n2)cc1OC. The van der Waals surface area contributed by atoms with Crippen molar-refractivity contribution >= 4 is 11.6 Å². The molecule has 0 fully saturated rings. The number of hydrogen-bond donors (Lipinski definition) is 1. The van der Waals surface area contributed by atoms with E-state index in [9.17, 15) is 9.59 Å². The van der Waals surface area contributed by atoms with Crippen molar-refractivity contribution in [2.45, 2.75) is 6.54 Å². The topological polar surface area (TPSA) is 108 Å². The summed E-state index contributed by atoms with van der Waals surface area (Å²) < 4.78 is 17.1. The van der Waals surface area contributed by atoms with Gasteiger partial charge in [0.2, 0.25) is 11.7 Å². The number of benzene rings is 2. The number of methoxy groups -OCH3 is 2. The first-order valence-electron chi connectivity index (χ1n) is 9.70. The Morgan fingerprint density at radius 3 is 2.56 bits per heavy atom. The highest BCUT2D eigenvalue weighted by molar-refractivity contribution is 5.90. The van der Waals surface area contributed by atoms with Crippen molar-refractivity contribution in [1.82, 2.24) is 14.7 Å². The Bertz CT molecular complexity index is 1300. The molecule has 2 aromatic carbocycles. The summed E-state index contributed by atoms with van der Waals surface area (Å²) in [5.74, 6) is 1.10. The summed E-state index contributed by atoms with van der Waals surface area (Å²) >= 11 is 0. The quantitative estimate of drug-likeness (QED) is 0.478. The predicted octanol–water partition coefficient (Wildman–Crippen LogP) is 3.22. The Labute approximate surface area is 183 Å². The van der Waals surface area contributed by atoms with Crippen LogP contribution in [-0.4, -0.2) is 34.8 Å². The maximum atomic E-state index is 12.9. The molecule has 0 aliphatic heterocycles. The molecule has 0 saturated heterocycles. The van der Waals surface area contributed by atoms with E-state index in [0.717, 1.165) is 0 Å². The number of nitrogens with one attached hydrogen (secondary N) is 1. The fourth-order valence-electron chi connectivity index (χ4n) is 3.13. The molecule has 4 aromatic rings. The van der Waals surface area contributed by atoms with E-state index in [0.29, 0.717) is 22.7 Å². The minimum atomic E-state index is -0.418. The second-order valence-corrected chi connectivity index (χ2v) is 6.76. The van der Waals surface area contributed by atoms with Crippen LogP contribution in [0.1, 0.15) is 0 Å². The molecule has 32 heavy (non-hydrogen) atoms. The van der Waals surface area contributed by atoms with Gasteiger partial charge in [-0.05, 0) is 42.5 Å². The van der Waals surface area contributed by atoms with E-state index in [1.165, 1.54) is 17.9 Å². The van der Waals surface area contributed by atoms with Crippen LogP contribution in [0, 0.1) is 0 Å². The number of amides is 1. The van der Waals surface area contributed by atoms with Gasteiger partial charge in [0.25, 0.3) is 11.4 Å². The number of anilines is 1. The first-order valence-corrected chi connectivity index (χ1v) is 9.70. The molecule has 0 saturated carbocycles. The van der Waals surface area contributed by atoms with Gasteiger partial charge in [0.05, 0.1) is 14.2 Å². The van der Waals surface area contributed by atoms with Crippen LogP contribution in [0.4, 0.5) is 5.69 Å². The van der Waals surface area contributed by atoms with E-state index in [-0.39, 0.29) is 29.7 Å². The zero-order chi connectivity index (χ0) is 22.5. The van der Waals surface area contributed by atoms with Crippen LogP contribution in [0.3, 0.4) is 0 Å². The van der Waals surface area contributed by atoms with Crippen molar-refractivity contribution in [3.63, 3.8) is 0 Å². The number of aromatic nitrogens is 3. The predicted molar refractivity (Wildman–Crippen MR) is 118 cm³/mol. The van der Waals surface area contributed by atoms with Gasteiger partial charge >= 0.3 is 0 Å². The van der Waals surface area contributed by atoms with Crippen LogP contribution in [0.2, 0.25) is 0 Å². The molecule has 0 bridgehead atoms. The smallest absolute Gasteiger partial charge is 0.263 e. The molecule has 2 heterocycles. The number of carbonyl (C=O) groups excluding carboxylic acids is 1. The van der Waals surface area contributed by atoms with Gasteiger partial charge in [-0.3, -0.25) is 9.59 Å². The third-order valence-corrected chi connectivity index (χ3v) is 4.69. The highest BCUT2D eigenvalue weighted by Crippen LogP contribution is 2.31. The van der Waals surface area contributed by atoms with E-state index in [1.807, 2.05) is 18.2 Å². The molecular formula is C23H20N4O5. The lowest BCUT2D eigenvalue weighted by atomic mass is 10.2. The van der Waals surface area contributed by atoms with E-state index < -0.39 is 5.56 Å². The minimum Gasteiger partial charge on any atom is -0.493 e. The van der Waals surface area contributed by atoms with Crippen molar-refractivity contribution < 1.29 is 18.8 Å². The molecule has 0 unspecified atom stereocenters. The molecule has 9 nitrogen and oxygen atoms in total. The third-order valence-electron chi connectivity index (χ3n) is 4.69. The highest BCUT2D eigenvalue weighted by Gasteiger charge is 2.17. The number of pyridine rings is 1. The summed E-state index contributed by atoms with van der Waals surface area (Å²) in [6.45, 7) is -0.155. The van der Waals surface area contributed by atoms with Crippen LogP contribution >= 0.6 is 0 Å². The first kappa shape index (κ1) is 20.9. The minimum absolute atomic E-state index is 0.0533. The maximum absolute atomic E-state index is 12.9. The van der Waals surface area contributed by atoms with Crippen molar-refractivity contribution in [2.75, 3.05) is 19.5 Å². The van der Waals surface area contributed by atoms with E-state index >= 15 is 0 Å². The lowest BCUT2D eigenvalue weighted by Gasteiger charge is -2.08. The van der Waals surface area contributed by atoms with Crippen molar-refractivity contribution in [1.29, 1.82) is 0 Å². The molecule has 1 N–H and O–H groups in total. The molecule has 9 heteroatoms. The molecule has 4 rings (SSSR count). The monoisotopic (exact) mass is 432 g/mol. The van der Waals surface area contributed by atoms with Gasteiger partial charge in [0, 0.05) is 17.4 Å². The number of hydrogen-bond acceptors (Lipinski definition) is 7. The fraction of sp³-hybridized carbons (Fsp3) is 0.130. The van der Waals surface area contributed by atoms with Crippen molar-refractivity contribution in [2.24, 2.45) is 0 Å². The summed E-state index contributed by atoms with van der Waals surface area (Å²) in [7, 11) is 3.08. The molecular weight excluding hydrogens is 412 g/mol. The first-order chi connectivity index (χ1) is 15.6. The zero-order valence-electron chi connectivity index (χ0n) is 17.4. The van der Waals surface area contributed by atoms with Crippen LogP contribution < -0.4 is 20.3 Å². The Morgan fingerprint density at radius 1 is 1.03 bits per heavy atom. The van der Waals surface area contributed by atoms with E-state index in [2.05, 4.69) is 15.5 Å². The fourth-order valence-corrected chi connectivity index (χ4v) is 3.13. The maximum Gasteiger partial charge on any atom is 0.263 e. The molecule has 2 aromatic heterocycles. The largest absolute Gasteiger partial charge is 0.493 e. The summed E-state index contributed by atoms with van der Waals surface area (Å²) in [5, 5.41) is 6.72. The van der Waals surface area contributed by atoms with Gasteiger partial charge in [-0.15, -0.1) is 0 Å². The third kappa shape index (κ3) is 4.36. The highest BCUT2D eigenvalue weighted by atomic mass is 16.5. The van der Waals surface area contributed by atoms with Gasteiger partial charge < -0.3 is 23.9 Å². The summed E-state index contributed by atoms with van der Waals surface area (Å²) in [5.41, 5.74) is 1.06. The molecule has 1 amide bonds. The zero-order valence-corrected chi connectivity index (χ0v) is 17.4. The van der Waals surface area contributed by atoms with Crippen LogP contribution in [-0.2, 0) is 11.3 Å². The lowest BCUT2D eigenvalue weighted by Crippen LogP contribution is -2.28. The molecule has 0 aliphatic rings. The van der Waals surface area contributed by atoms with Gasteiger partial charge in [-0.2, -0.15) is 4.98 Å². The number of rotatable bonds is 7. The lowest BCUT2D eigenvalue weighted by molar-refractivity contribution is -0.116. The standard InChI is InChI=1S/C23H20N4O5/c1-30-18-11-10-15(13-19(18)31-2)21-25-22(32-26-21)17-9-6-12-27(23(17)29)14-20(28)24-16-7-4-3-5-8-16/h3-13H,14H2,1-2H3,(H,24,28). The Hall–Kier alpha value is -4.40. The molecule has 0 aliphatic carbocycles. The van der Waals surface area contributed by atoms with Crippen LogP contribution in [0.5, 0.6) is 11.5 Å². The molecule has 0 radical (unpaired) electrons. The summed E-state index contributed by atoms with van der Waals surface area (Å²) in [6.07, 6.45) is 1.53. The Kier molecular flexibility index (Phi) is 5.98. The average Bonchev–Trinajstić information content (AvgIpc) is 3.30. The Morgan fingerprint density at radius 2 is 1.81 bits per heavy atom. The number of nitrogens with zero attached hydrogens (tertiary/aromatic N) is 3. The van der Waals surface area contributed by atoms with Gasteiger partial charge in [0.1, 0.15) is 12.1 Å². The van der Waals surface area contributed by atoms with Crippen molar-refractivity contribution in [3.05, 3.63) is 77.2 Å². The second-order valence-electron chi connectivity index (χ2n) is 6.76. The van der Waals surface area contributed by atoms with Gasteiger partial charge in [-0.25, -0.2) is 0 Å². The summed E-state index contributed by atoms with van der Waals surface area (Å²) in [4.78, 5) is 29.6. The van der Waals surface area contributed by atoms with E-state index in [1.54, 1.807) is 49.6 Å². The normalized spacial score (nSPS) is 10.6. The van der Waals surface area contributed by atoms with Gasteiger partial charge in [-0.1, -0.05) is 23.4 Å². The second kappa shape index (κ2) is 9.17. The molecule has 162 valence electrons. The Balaban J connectivity index is 1.57. The summed E-state index contributed by atoms with van der Waals surface area (Å²) in [6, 6.07) is 17.4. The number of para-hydroxylation sites is 1. The van der Waals surface area contributed by atoms with Crippen LogP contribution in [0.25, 0.3) is 22.8 Å². The van der Waals surface area contributed by atoms with Gasteiger partial charge in [0.15, 0.2) is 11.5 Å². The van der Waals surface area contributed by atoms with Crippen LogP contribution in [0.15, 0.2) is 76.2 Å².